The zero-order valence-corrected chi connectivity index (χ0v) is 7.90. The summed E-state index contributed by atoms with van der Waals surface area (Å²) in [5.41, 5.74) is 2.45. The van der Waals surface area contributed by atoms with E-state index in [0.717, 1.165) is 11.1 Å². The summed E-state index contributed by atoms with van der Waals surface area (Å²) in [6.45, 7) is 3.72. The number of benzene rings is 1. The molecule has 0 saturated carbocycles. The summed E-state index contributed by atoms with van der Waals surface area (Å²) in [6.07, 6.45) is 2.31. The quantitative estimate of drug-likeness (QED) is 0.675. The van der Waals surface area contributed by atoms with E-state index in [1.807, 2.05) is 0 Å². The number of hydrogen-bond acceptors (Lipinski definition) is 2. The zero-order chi connectivity index (χ0) is 10.8. The summed E-state index contributed by atoms with van der Waals surface area (Å²) in [6, 6.07) is 6.00. The second-order valence-electron chi connectivity index (χ2n) is 3.17. The van der Waals surface area contributed by atoms with Crippen LogP contribution in [0.2, 0.25) is 0 Å². The van der Waals surface area contributed by atoms with Gasteiger partial charge in [0.15, 0.2) is 6.29 Å². The Morgan fingerprint density at radius 3 is 2.47 bits per heavy atom. The molecule has 0 fully saturated rings. The lowest BCUT2D eigenvalue weighted by Gasteiger charge is -2.01. The van der Waals surface area contributed by atoms with Crippen LogP contribution >= 0.6 is 0 Å². The highest BCUT2D eigenvalue weighted by Crippen LogP contribution is 2.27. The van der Waals surface area contributed by atoms with E-state index in [-0.39, 0.29) is 5.82 Å². The number of aldehydes is 1. The second kappa shape index (κ2) is 3.61. The number of nitrogens with zero attached hydrogens (tertiary/aromatic N) is 1. The maximum atomic E-state index is 12.7. The van der Waals surface area contributed by atoms with E-state index in [4.69, 9.17) is 0 Å². The molecule has 0 spiro atoms. The minimum Gasteiger partial charge on any atom is -0.296 e. The minimum absolute atomic E-state index is 0.292. The average molecular weight is 201 g/mol. The van der Waals surface area contributed by atoms with Crippen molar-refractivity contribution in [2.45, 2.75) is 0 Å². The highest BCUT2D eigenvalue weighted by Gasteiger charge is 2.13. The highest BCUT2D eigenvalue weighted by molar-refractivity contribution is 6.37. The van der Waals surface area contributed by atoms with Gasteiger partial charge in [-0.1, -0.05) is 18.7 Å². The van der Waals surface area contributed by atoms with Crippen molar-refractivity contribution in [3.63, 3.8) is 0 Å². The SMILES string of the molecule is C=C1N=C(C=O)C=C1c1ccc(F)cc1. The molecule has 0 aromatic heterocycles. The van der Waals surface area contributed by atoms with Gasteiger partial charge < -0.3 is 0 Å². The van der Waals surface area contributed by atoms with Gasteiger partial charge in [0, 0.05) is 5.57 Å². The van der Waals surface area contributed by atoms with E-state index in [2.05, 4.69) is 11.6 Å². The molecule has 2 nitrogen and oxygen atoms in total. The smallest absolute Gasteiger partial charge is 0.168 e. The third-order valence-corrected chi connectivity index (χ3v) is 2.14. The van der Waals surface area contributed by atoms with Gasteiger partial charge >= 0.3 is 0 Å². The van der Waals surface area contributed by atoms with Crippen LogP contribution < -0.4 is 0 Å². The van der Waals surface area contributed by atoms with E-state index in [9.17, 15) is 9.18 Å². The molecule has 74 valence electrons. The van der Waals surface area contributed by atoms with Gasteiger partial charge in [-0.05, 0) is 23.8 Å². The Morgan fingerprint density at radius 2 is 1.93 bits per heavy atom. The standard InChI is InChI=1S/C12H8FNO/c1-8-12(6-11(7-15)14-8)9-2-4-10(13)5-3-9/h2-7H,1H2. The number of carbonyl (C=O) groups excluding carboxylic acids is 1. The maximum absolute atomic E-state index is 12.7. The largest absolute Gasteiger partial charge is 0.296 e. The van der Waals surface area contributed by atoms with Gasteiger partial charge in [-0.15, -0.1) is 0 Å². The molecule has 0 aliphatic carbocycles. The Hall–Kier alpha value is -2.03. The van der Waals surface area contributed by atoms with Crippen LogP contribution in [0.4, 0.5) is 4.39 Å². The molecule has 15 heavy (non-hydrogen) atoms. The van der Waals surface area contributed by atoms with Gasteiger partial charge in [-0.2, -0.15) is 0 Å². The molecule has 1 aliphatic heterocycles. The predicted octanol–water partition coefficient (Wildman–Crippen LogP) is 2.38. The van der Waals surface area contributed by atoms with Crippen LogP contribution in [0.25, 0.3) is 5.57 Å². The molecule has 0 N–H and O–H groups in total. The minimum atomic E-state index is -0.292. The Labute approximate surface area is 86.5 Å². The van der Waals surface area contributed by atoms with Crippen molar-refractivity contribution in [3.8, 4) is 0 Å². The van der Waals surface area contributed by atoms with E-state index >= 15 is 0 Å². The molecular formula is C12H8FNO. The van der Waals surface area contributed by atoms with E-state index in [1.54, 1.807) is 18.2 Å². The monoisotopic (exact) mass is 201 g/mol. The third kappa shape index (κ3) is 1.76. The van der Waals surface area contributed by atoms with Crippen molar-refractivity contribution in [1.82, 2.24) is 0 Å². The van der Waals surface area contributed by atoms with Crippen molar-refractivity contribution in [2.24, 2.45) is 4.99 Å². The number of aliphatic imine (C=N–C) groups is 1. The van der Waals surface area contributed by atoms with Crippen molar-refractivity contribution >= 4 is 17.6 Å². The Bertz CT molecular complexity index is 483. The van der Waals surface area contributed by atoms with Crippen LogP contribution in [0.3, 0.4) is 0 Å². The molecule has 1 aliphatic rings. The summed E-state index contributed by atoms with van der Waals surface area (Å²) >= 11 is 0. The summed E-state index contributed by atoms with van der Waals surface area (Å²) < 4.78 is 12.7. The first-order valence-electron chi connectivity index (χ1n) is 4.41. The van der Waals surface area contributed by atoms with Crippen LogP contribution in [0, 0.1) is 5.82 Å². The molecule has 3 heteroatoms. The fraction of sp³-hybridized carbons (Fsp3) is 0. The van der Waals surface area contributed by atoms with Crippen LogP contribution in [0.5, 0.6) is 0 Å². The molecule has 1 aromatic carbocycles. The number of carbonyl (C=O) groups is 1. The molecule has 0 amide bonds. The van der Waals surface area contributed by atoms with Gasteiger partial charge in [0.1, 0.15) is 11.5 Å². The second-order valence-corrected chi connectivity index (χ2v) is 3.17. The summed E-state index contributed by atoms with van der Waals surface area (Å²) in [4.78, 5) is 14.5. The number of hydrogen-bond donors (Lipinski definition) is 0. The molecule has 2 rings (SSSR count). The molecule has 0 saturated heterocycles. The Morgan fingerprint density at radius 1 is 1.27 bits per heavy atom. The lowest BCUT2D eigenvalue weighted by molar-refractivity contribution is -0.102. The summed E-state index contributed by atoms with van der Waals surface area (Å²) in [5.74, 6) is -0.292. The number of halogens is 1. The van der Waals surface area contributed by atoms with E-state index in [1.165, 1.54) is 12.1 Å². The number of allylic oxidation sites excluding steroid dienone is 2. The normalized spacial score (nSPS) is 14.9. The maximum Gasteiger partial charge on any atom is 0.168 e. The molecule has 0 atom stereocenters. The lowest BCUT2D eigenvalue weighted by Crippen LogP contribution is -1.89. The average Bonchev–Trinajstić information content (AvgIpc) is 2.61. The third-order valence-electron chi connectivity index (χ3n) is 2.14. The molecule has 0 unspecified atom stereocenters. The van der Waals surface area contributed by atoms with Crippen molar-refractivity contribution in [1.29, 1.82) is 0 Å². The first kappa shape index (κ1) is 9.52. The first-order chi connectivity index (χ1) is 7.20. The van der Waals surface area contributed by atoms with Gasteiger partial charge in [-0.25, -0.2) is 9.38 Å². The summed E-state index contributed by atoms with van der Waals surface area (Å²) in [5, 5.41) is 0. The topological polar surface area (TPSA) is 29.4 Å². The number of rotatable bonds is 2. The van der Waals surface area contributed by atoms with Gasteiger partial charge in [0.2, 0.25) is 0 Å². The molecular weight excluding hydrogens is 193 g/mol. The zero-order valence-electron chi connectivity index (χ0n) is 7.90. The summed E-state index contributed by atoms with van der Waals surface area (Å²) in [7, 11) is 0. The van der Waals surface area contributed by atoms with Crippen molar-refractivity contribution in [2.75, 3.05) is 0 Å². The molecule has 1 aromatic rings. The van der Waals surface area contributed by atoms with Crippen molar-refractivity contribution < 1.29 is 9.18 Å². The predicted molar refractivity (Wildman–Crippen MR) is 57.0 cm³/mol. The fourth-order valence-electron chi connectivity index (χ4n) is 1.42. The highest BCUT2D eigenvalue weighted by atomic mass is 19.1. The van der Waals surface area contributed by atoms with Crippen LogP contribution in [0.1, 0.15) is 5.56 Å². The first-order valence-corrected chi connectivity index (χ1v) is 4.41. The molecule has 1 heterocycles. The van der Waals surface area contributed by atoms with Crippen LogP contribution in [-0.2, 0) is 4.79 Å². The Balaban J connectivity index is 2.38. The van der Waals surface area contributed by atoms with E-state index in [0.29, 0.717) is 17.7 Å². The Kier molecular flexibility index (Phi) is 2.29. The van der Waals surface area contributed by atoms with Gasteiger partial charge in [0.25, 0.3) is 0 Å². The van der Waals surface area contributed by atoms with Crippen LogP contribution in [0.15, 0.2) is 47.6 Å². The fourth-order valence-corrected chi connectivity index (χ4v) is 1.42. The van der Waals surface area contributed by atoms with Crippen LogP contribution in [-0.4, -0.2) is 12.0 Å². The van der Waals surface area contributed by atoms with E-state index < -0.39 is 0 Å². The molecule has 0 bridgehead atoms. The lowest BCUT2D eigenvalue weighted by atomic mass is 10.0. The van der Waals surface area contributed by atoms with Gasteiger partial charge in [-0.3, -0.25) is 4.79 Å². The van der Waals surface area contributed by atoms with Gasteiger partial charge in [0.05, 0.1) is 5.70 Å². The van der Waals surface area contributed by atoms with Crippen molar-refractivity contribution in [3.05, 3.63) is 54.0 Å². The molecule has 0 radical (unpaired) electrons.